The Bertz CT molecular complexity index is 219. The molecule has 0 spiro atoms. The van der Waals surface area contributed by atoms with Gasteiger partial charge in [0, 0.05) is 12.0 Å². The van der Waals surface area contributed by atoms with Crippen molar-refractivity contribution < 1.29 is 22.7 Å². The summed E-state index contributed by atoms with van der Waals surface area (Å²) in [6.07, 6.45) is -2.28. The molecule has 82 valence electrons. The number of rotatable bonds is 5. The van der Waals surface area contributed by atoms with Crippen molar-refractivity contribution in [3.63, 3.8) is 0 Å². The molecule has 1 rings (SSSR count). The van der Waals surface area contributed by atoms with Gasteiger partial charge in [-0.3, -0.25) is 4.79 Å². The van der Waals surface area contributed by atoms with Gasteiger partial charge in [-0.2, -0.15) is 13.2 Å². The lowest BCUT2D eigenvalue weighted by Gasteiger charge is -2.12. The molecule has 0 radical (unpaired) electrons. The van der Waals surface area contributed by atoms with Crippen LogP contribution in [-0.4, -0.2) is 25.2 Å². The van der Waals surface area contributed by atoms with E-state index in [1.165, 1.54) is 6.92 Å². The van der Waals surface area contributed by atoms with Crippen LogP contribution >= 0.6 is 0 Å². The maximum atomic E-state index is 11.7. The van der Waals surface area contributed by atoms with Crippen molar-refractivity contribution >= 4 is 5.78 Å². The van der Waals surface area contributed by atoms with E-state index in [1.807, 2.05) is 0 Å². The number of ketones is 1. The Morgan fingerprint density at radius 3 is 2.36 bits per heavy atom. The van der Waals surface area contributed by atoms with Crippen molar-refractivity contribution in [1.82, 2.24) is 0 Å². The van der Waals surface area contributed by atoms with E-state index in [0.717, 1.165) is 12.8 Å². The van der Waals surface area contributed by atoms with E-state index in [2.05, 4.69) is 4.74 Å². The lowest BCUT2D eigenvalue weighted by Crippen LogP contribution is -2.20. The van der Waals surface area contributed by atoms with Gasteiger partial charge in [-0.1, -0.05) is 0 Å². The van der Waals surface area contributed by atoms with Gasteiger partial charge in [0.25, 0.3) is 0 Å². The Kier molecular flexibility index (Phi) is 3.19. The zero-order valence-corrected chi connectivity index (χ0v) is 7.99. The van der Waals surface area contributed by atoms with Crippen LogP contribution in [0.3, 0.4) is 0 Å². The van der Waals surface area contributed by atoms with Gasteiger partial charge in [-0.05, 0) is 26.2 Å². The summed E-state index contributed by atoms with van der Waals surface area (Å²) in [7, 11) is 0. The Morgan fingerprint density at radius 2 is 2.00 bits per heavy atom. The summed E-state index contributed by atoms with van der Waals surface area (Å²) in [6, 6.07) is 0. The minimum atomic E-state index is -4.27. The molecule has 0 bridgehead atoms. The fourth-order valence-electron chi connectivity index (χ4n) is 1.38. The normalized spacial score (nSPS) is 19.4. The molecule has 0 amide bonds. The van der Waals surface area contributed by atoms with E-state index < -0.39 is 12.8 Å². The summed E-state index contributed by atoms with van der Waals surface area (Å²) < 4.78 is 39.4. The fraction of sp³-hybridized carbons (Fsp3) is 0.889. The first-order chi connectivity index (χ1) is 6.36. The smallest absolute Gasteiger partial charge is 0.372 e. The largest absolute Gasteiger partial charge is 0.411 e. The molecule has 1 aliphatic rings. The number of hydrogen-bond donors (Lipinski definition) is 0. The molecule has 0 aliphatic heterocycles. The molecule has 0 saturated heterocycles. The lowest BCUT2D eigenvalue weighted by molar-refractivity contribution is -0.174. The maximum absolute atomic E-state index is 11.7. The second kappa shape index (κ2) is 3.88. The third-order valence-electron chi connectivity index (χ3n) is 2.59. The highest BCUT2D eigenvalue weighted by Gasteiger charge is 2.46. The number of carbonyl (C=O) groups excluding carboxylic acids is 1. The van der Waals surface area contributed by atoms with Crippen LogP contribution in [0.25, 0.3) is 0 Å². The maximum Gasteiger partial charge on any atom is 0.411 e. The van der Waals surface area contributed by atoms with Gasteiger partial charge in [-0.25, -0.2) is 0 Å². The second-order valence-corrected chi connectivity index (χ2v) is 3.75. The van der Waals surface area contributed by atoms with E-state index in [0.29, 0.717) is 6.42 Å². The van der Waals surface area contributed by atoms with Gasteiger partial charge in [0.2, 0.25) is 0 Å². The summed E-state index contributed by atoms with van der Waals surface area (Å²) in [5.74, 6) is 0.0631. The molecule has 0 aromatic rings. The monoisotopic (exact) mass is 210 g/mol. The topological polar surface area (TPSA) is 26.3 Å². The third-order valence-corrected chi connectivity index (χ3v) is 2.59. The molecule has 5 heteroatoms. The van der Waals surface area contributed by atoms with Gasteiger partial charge in [-0.15, -0.1) is 0 Å². The fourth-order valence-corrected chi connectivity index (χ4v) is 1.38. The summed E-state index contributed by atoms with van der Waals surface area (Å²) in [6.45, 7) is 0.275. The van der Waals surface area contributed by atoms with Crippen LogP contribution in [0.15, 0.2) is 0 Å². The standard InChI is InChI=1S/C9H13F3O2/c1-7(13)8(2-3-8)4-5-14-6-9(10,11)12/h2-6H2,1H3. The average Bonchev–Trinajstić information content (AvgIpc) is 2.77. The molecule has 1 saturated carbocycles. The van der Waals surface area contributed by atoms with Crippen molar-refractivity contribution in [1.29, 1.82) is 0 Å². The van der Waals surface area contributed by atoms with Crippen molar-refractivity contribution in [2.75, 3.05) is 13.2 Å². The molecular weight excluding hydrogens is 197 g/mol. The van der Waals surface area contributed by atoms with Crippen LogP contribution in [0.4, 0.5) is 13.2 Å². The van der Waals surface area contributed by atoms with Crippen LogP contribution in [0.2, 0.25) is 0 Å². The van der Waals surface area contributed by atoms with Crippen LogP contribution in [0, 0.1) is 5.41 Å². The molecule has 0 heterocycles. The number of hydrogen-bond acceptors (Lipinski definition) is 2. The first-order valence-corrected chi connectivity index (χ1v) is 4.51. The minimum absolute atomic E-state index is 0.0130. The predicted octanol–water partition coefficient (Wildman–Crippen LogP) is 2.32. The Balaban J connectivity index is 2.13. The van der Waals surface area contributed by atoms with Gasteiger partial charge < -0.3 is 4.74 Å². The molecule has 0 aromatic carbocycles. The van der Waals surface area contributed by atoms with Crippen molar-refractivity contribution in [3.8, 4) is 0 Å². The van der Waals surface area contributed by atoms with Crippen LogP contribution in [0.1, 0.15) is 26.2 Å². The molecular formula is C9H13F3O2. The number of Topliss-reactive ketones (excluding diaryl/α,β-unsaturated/α-hetero) is 1. The summed E-state index contributed by atoms with van der Waals surface area (Å²) in [5, 5.41) is 0. The highest BCUT2D eigenvalue weighted by atomic mass is 19.4. The number of alkyl halides is 3. The van der Waals surface area contributed by atoms with E-state index in [1.54, 1.807) is 0 Å². The Hall–Kier alpha value is -0.580. The van der Waals surface area contributed by atoms with Gasteiger partial charge in [0.1, 0.15) is 12.4 Å². The predicted molar refractivity (Wildman–Crippen MR) is 43.8 cm³/mol. The van der Waals surface area contributed by atoms with E-state index in [4.69, 9.17) is 0 Å². The van der Waals surface area contributed by atoms with Crippen LogP contribution in [-0.2, 0) is 9.53 Å². The number of carbonyl (C=O) groups is 1. The first-order valence-electron chi connectivity index (χ1n) is 4.51. The van der Waals surface area contributed by atoms with Crippen molar-refractivity contribution in [3.05, 3.63) is 0 Å². The van der Waals surface area contributed by atoms with Crippen molar-refractivity contribution in [2.24, 2.45) is 5.41 Å². The number of halogens is 3. The minimum Gasteiger partial charge on any atom is -0.372 e. The first kappa shape index (κ1) is 11.5. The molecule has 1 fully saturated rings. The highest BCUT2D eigenvalue weighted by Crippen LogP contribution is 2.49. The zero-order chi connectivity index (χ0) is 10.8. The SMILES string of the molecule is CC(=O)C1(CCOCC(F)(F)F)CC1. The summed E-state index contributed by atoms with van der Waals surface area (Å²) in [4.78, 5) is 11.0. The third kappa shape index (κ3) is 3.29. The van der Waals surface area contributed by atoms with Crippen LogP contribution < -0.4 is 0 Å². The second-order valence-electron chi connectivity index (χ2n) is 3.75. The van der Waals surface area contributed by atoms with E-state index >= 15 is 0 Å². The zero-order valence-electron chi connectivity index (χ0n) is 7.99. The molecule has 0 N–H and O–H groups in total. The van der Waals surface area contributed by atoms with Gasteiger partial charge in [0.15, 0.2) is 0 Å². The van der Waals surface area contributed by atoms with Crippen LogP contribution in [0.5, 0.6) is 0 Å². The van der Waals surface area contributed by atoms with Crippen molar-refractivity contribution in [2.45, 2.75) is 32.4 Å². The van der Waals surface area contributed by atoms with Gasteiger partial charge >= 0.3 is 6.18 Å². The lowest BCUT2D eigenvalue weighted by atomic mass is 9.99. The molecule has 1 aliphatic carbocycles. The molecule has 0 aromatic heterocycles. The van der Waals surface area contributed by atoms with E-state index in [9.17, 15) is 18.0 Å². The molecule has 0 atom stereocenters. The quantitative estimate of drug-likeness (QED) is 0.651. The van der Waals surface area contributed by atoms with E-state index in [-0.39, 0.29) is 17.8 Å². The number of ether oxygens (including phenoxy) is 1. The van der Waals surface area contributed by atoms with Gasteiger partial charge in [0.05, 0.1) is 0 Å². The molecule has 2 nitrogen and oxygen atoms in total. The Morgan fingerprint density at radius 1 is 1.43 bits per heavy atom. The molecule has 14 heavy (non-hydrogen) atoms. The Labute approximate surface area is 80.4 Å². The summed E-state index contributed by atoms with van der Waals surface area (Å²) in [5.41, 5.74) is -0.356. The highest BCUT2D eigenvalue weighted by molar-refractivity contribution is 5.84. The summed E-state index contributed by atoms with van der Waals surface area (Å²) >= 11 is 0. The average molecular weight is 210 g/mol. The molecule has 0 unspecified atom stereocenters.